The number of carbonyl (C=O) groups is 1. The molecule has 0 N–H and O–H groups in total. The summed E-state index contributed by atoms with van der Waals surface area (Å²) >= 11 is 0. The molecule has 4 rings (SSSR count). The molecule has 2 aliphatic heterocycles. The number of amides is 1. The lowest BCUT2D eigenvalue weighted by atomic mass is 9.98. The van der Waals surface area contributed by atoms with Gasteiger partial charge < -0.3 is 9.08 Å². The number of alkyl halides is 3. The van der Waals surface area contributed by atoms with Crippen LogP contribution >= 0.6 is 0 Å². The Bertz CT molecular complexity index is 1270. The molecule has 2 aromatic rings. The summed E-state index contributed by atoms with van der Waals surface area (Å²) in [5, 5.41) is 4.23. The van der Waals surface area contributed by atoms with E-state index in [4.69, 9.17) is 0 Å². The van der Waals surface area contributed by atoms with Gasteiger partial charge in [-0.3, -0.25) is 9.79 Å². The Morgan fingerprint density at radius 3 is 2.70 bits per heavy atom. The number of carbonyl (C=O) groups excluding carboxylic acids is 1. The minimum absolute atomic E-state index is 0.141. The van der Waals surface area contributed by atoms with Gasteiger partial charge in [0.2, 0.25) is 5.88 Å². The van der Waals surface area contributed by atoms with Crippen LogP contribution in [0.3, 0.4) is 0 Å². The van der Waals surface area contributed by atoms with Gasteiger partial charge in [-0.2, -0.15) is 26.7 Å². The molecule has 0 spiro atoms. The maximum Gasteiger partial charge on any atom is 0.534 e. The van der Waals surface area contributed by atoms with Crippen LogP contribution in [0.5, 0.6) is 5.88 Å². The number of nitrogens with zero attached hydrogens (tertiary/aromatic N) is 4. The lowest BCUT2D eigenvalue weighted by Crippen LogP contribution is -2.42. The largest absolute Gasteiger partial charge is 0.534 e. The molecule has 1 aromatic carbocycles. The number of benzene rings is 1. The highest BCUT2D eigenvalue weighted by atomic mass is 32.2. The van der Waals surface area contributed by atoms with Crippen molar-refractivity contribution < 1.29 is 30.6 Å². The van der Waals surface area contributed by atoms with E-state index in [1.54, 1.807) is 23.1 Å². The SMILES string of the molecule is C=Nc1ccc(C(=O)N2[C@@H]3CC[C@H]2c2nn(C)c(OS(=O)(=O)C(F)(F)F)c2C3)cc1/C=C\C. The molecule has 8 nitrogen and oxygen atoms in total. The number of fused-ring (bicyclic) bond motifs is 4. The van der Waals surface area contributed by atoms with Crippen LogP contribution in [0.25, 0.3) is 6.08 Å². The Balaban J connectivity index is 1.69. The summed E-state index contributed by atoms with van der Waals surface area (Å²) in [6, 6.07) is 4.24. The number of aryl methyl sites for hydroxylation is 1. The van der Waals surface area contributed by atoms with Gasteiger partial charge in [0.1, 0.15) is 0 Å². The standard InChI is InChI=1S/C21H21F3N4O4S/c1-4-5-12-10-13(6-8-16(12)25-2)19(29)28-14-7-9-17(28)18-15(11-14)20(27(3)26-18)32-33(30,31)21(22,23)24/h4-6,8,10,14,17H,2,7,9,11H2,1,3H3/b5-4-/t14-,17+/m1/s1. The zero-order valence-corrected chi connectivity index (χ0v) is 18.7. The van der Waals surface area contributed by atoms with Crippen molar-refractivity contribution in [3.8, 4) is 5.88 Å². The quantitative estimate of drug-likeness (QED) is 0.366. The first kappa shape index (κ1) is 23.0. The second-order valence-electron chi connectivity index (χ2n) is 7.87. The van der Waals surface area contributed by atoms with E-state index in [0.29, 0.717) is 29.8 Å². The third kappa shape index (κ3) is 3.81. The second-order valence-corrected chi connectivity index (χ2v) is 9.41. The highest BCUT2D eigenvalue weighted by Gasteiger charge is 2.51. The molecule has 33 heavy (non-hydrogen) atoms. The number of allylic oxidation sites excluding steroid dienone is 1. The maximum atomic E-state index is 13.4. The third-order valence-electron chi connectivity index (χ3n) is 5.87. The Labute approximate surface area is 188 Å². The average molecular weight is 482 g/mol. The van der Waals surface area contributed by atoms with Crippen molar-refractivity contribution in [1.82, 2.24) is 14.7 Å². The minimum Gasteiger partial charge on any atom is -0.355 e. The van der Waals surface area contributed by atoms with Crippen LogP contribution in [0.4, 0.5) is 18.9 Å². The van der Waals surface area contributed by atoms with E-state index in [0.717, 1.165) is 10.2 Å². The summed E-state index contributed by atoms with van der Waals surface area (Å²) in [7, 11) is -4.53. The fraction of sp³-hybridized carbons (Fsp3) is 0.381. The summed E-state index contributed by atoms with van der Waals surface area (Å²) in [5.74, 6) is -0.714. The van der Waals surface area contributed by atoms with E-state index in [1.807, 2.05) is 19.1 Å². The van der Waals surface area contributed by atoms with E-state index >= 15 is 0 Å². The van der Waals surface area contributed by atoms with Gasteiger partial charge in [-0.15, -0.1) is 0 Å². The summed E-state index contributed by atoms with van der Waals surface area (Å²) in [4.78, 5) is 19.0. The molecule has 0 unspecified atom stereocenters. The van der Waals surface area contributed by atoms with E-state index < -0.39 is 27.5 Å². The first-order valence-electron chi connectivity index (χ1n) is 10.1. The van der Waals surface area contributed by atoms with Crippen molar-refractivity contribution >= 4 is 34.5 Å². The van der Waals surface area contributed by atoms with Crippen molar-refractivity contribution in [1.29, 1.82) is 0 Å². The first-order valence-corrected chi connectivity index (χ1v) is 11.5. The van der Waals surface area contributed by atoms with Crippen molar-refractivity contribution in [2.45, 2.75) is 43.8 Å². The van der Waals surface area contributed by atoms with Crippen molar-refractivity contribution in [2.24, 2.45) is 12.0 Å². The van der Waals surface area contributed by atoms with Crippen LogP contribution < -0.4 is 4.18 Å². The van der Waals surface area contributed by atoms with E-state index in [1.165, 1.54) is 7.05 Å². The van der Waals surface area contributed by atoms with Gasteiger partial charge in [-0.05, 0) is 44.7 Å². The smallest absolute Gasteiger partial charge is 0.355 e. The molecule has 1 amide bonds. The normalized spacial score (nSPS) is 20.2. The molecule has 1 aromatic heterocycles. The summed E-state index contributed by atoms with van der Waals surface area (Å²) in [6.07, 6.45) is 4.94. The predicted octanol–water partition coefficient (Wildman–Crippen LogP) is 3.92. The highest BCUT2D eigenvalue weighted by molar-refractivity contribution is 7.87. The van der Waals surface area contributed by atoms with Gasteiger partial charge in [0.05, 0.1) is 17.4 Å². The van der Waals surface area contributed by atoms with E-state index in [-0.39, 0.29) is 23.9 Å². The van der Waals surface area contributed by atoms with Crippen LogP contribution in [0.15, 0.2) is 29.3 Å². The maximum absolute atomic E-state index is 13.4. The monoisotopic (exact) mass is 482 g/mol. The Morgan fingerprint density at radius 1 is 1.33 bits per heavy atom. The Kier molecular flexibility index (Phi) is 5.59. The first-order chi connectivity index (χ1) is 15.5. The number of hydrogen-bond acceptors (Lipinski definition) is 6. The topological polar surface area (TPSA) is 93.9 Å². The number of halogens is 3. The van der Waals surface area contributed by atoms with Gasteiger partial charge in [-0.1, -0.05) is 12.2 Å². The van der Waals surface area contributed by atoms with Crippen LogP contribution in [0.2, 0.25) is 0 Å². The number of aliphatic imine (C=N–C) groups is 1. The fourth-order valence-electron chi connectivity index (χ4n) is 4.48. The van der Waals surface area contributed by atoms with E-state index in [2.05, 4.69) is 21.0 Å². The van der Waals surface area contributed by atoms with E-state index in [9.17, 15) is 26.4 Å². The molecule has 12 heteroatoms. The van der Waals surface area contributed by atoms with Gasteiger partial charge >= 0.3 is 15.6 Å². The lowest BCUT2D eigenvalue weighted by Gasteiger charge is -2.34. The Morgan fingerprint density at radius 2 is 2.06 bits per heavy atom. The van der Waals surface area contributed by atoms with Crippen LogP contribution in [-0.4, -0.2) is 47.3 Å². The molecule has 0 radical (unpaired) electrons. The molecule has 2 bridgehead atoms. The molecule has 2 atom stereocenters. The van der Waals surface area contributed by atoms with Gasteiger partial charge in [-0.25, -0.2) is 4.68 Å². The lowest BCUT2D eigenvalue weighted by molar-refractivity contribution is -0.0502. The van der Waals surface area contributed by atoms with Gasteiger partial charge in [0.25, 0.3) is 5.91 Å². The van der Waals surface area contributed by atoms with Crippen LogP contribution in [0.1, 0.15) is 53.0 Å². The third-order valence-corrected chi connectivity index (χ3v) is 6.82. The number of hydrogen-bond donors (Lipinski definition) is 0. The second kappa shape index (κ2) is 8.01. The van der Waals surface area contributed by atoms with Gasteiger partial charge in [0, 0.05) is 36.2 Å². The molecule has 176 valence electrons. The van der Waals surface area contributed by atoms with Gasteiger partial charge in [0.15, 0.2) is 0 Å². The number of aromatic nitrogens is 2. The predicted molar refractivity (Wildman–Crippen MR) is 115 cm³/mol. The zero-order valence-electron chi connectivity index (χ0n) is 17.8. The Hall–Kier alpha value is -3.15. The molecule has 0 aliphatic carbocycles. The highest BCUT2D eigenvalue weighted by Crippen LogP contribution is 2.47. The molecule has 2 aliphatic rings. The van der Waals surface area contributed by atoms with Crippen molar-refractivity contribution in [3.63, 3.8) is 0 Å². The minimum atomic E-state index is -5.84. The molecular formula is C21H21F3N4O4S. The zero-order chi connectivity index (χ0) is 24.1. The summed E-state index contributed by atoms with van der Waals surface area (Å²) < 4.78 is 67.1. The van der Waals surface area contributed by atoms with Crippen molar-refractivity contribution in [3.05, 3.63) is 46.7 Å². The van der Waals surface area contributed by atoms with Crippen LogP contribution in [-0.2, 0) is 23.6 Å². The molecular weight excluding hydrogens is 461 g/mol. The fourth-order valence-corrected chi connectivity index (χ4v) is 4.99. The molecule has 1 saturated heterocycles. The van der Waals surface area contributed by atoms with Crippen LogP contribution in [0, 0.1) is 0 Å². The average Bonchev–Trinajstić information content (AvgIpc) is 3.23. The van der Waals surface area contributed by atoms with Crippen molar-refractivity contribution in [2.75, 3.05) is 0 Å². The molecule has 0 saturated carbocycles. The summed E-state index contributed by atoms with van der Waals surface area (Å²) in [5.41, 5.74) is -3.13. The molecule has 1 fully saturated rings. The molecule has 3 heterocycles. The summed E-state index contributed by atoms with van der Waals surface area (Å²) in [6.45, 7) is 5.37. The number of rotatable bonds is 5.